The second-order valence-electron chi connectivity index (χ2n) is 5.25. The van der Waals surface area contributed by atoms with E-state index in [1.54, 1.807) is 0 Å². The number of hydrogen-bond acceptors (Lipinski definition) is 1. The summed E-state index contributed by atoms with van der Waals surface area (Å²) in [7, 11) is 0. The lowest BCUT2D eigenvalue weighted by Gasteiger charge is -2.26. The fourth-order valence-corrected chi connectivity index (χ4v) is 2.63. The van der Waals surface area contributed by atoms with Crippen molar-refractivity contribution in [1.82, 2.24) is 5.32 Å². The first-order valence-corrected chi connectivity index (χ1v) is 7.09. The van der Waals surface area contributed by atoms with Crippen molar-refractivity contribution in [1.29, 1.82) is 0 Å². The SMILES string of the molecule is CCCCCCC(C)NC1CCCCC1. The van der Waals surface area contributed by atoms with Gasteiger partial charge in [-0.2, -0.15) is 0 Å². The number of rotatable bonds is 7. The van der Waals surface area contributed by atoms with Crippen LogP contribution < -0.4 is 5.32 Å². The molecule has 0 amide bonds. The van der Waals surface area contributed by atoms with Gasteiger partial charge in [0.1, 0.15) is 0 Å². The molecule has 0 spiro atoms. The van der Waals surface area contributed by atoms with Crippen molar-refractivity contribution >= 4 is 0 Å². The minimum absolute atomic E-state index is 0.741. The third-order valence-electron chi connectivity index (χ3n) is 3.62. The lowest BCUT2D eigenvalue weighted by molar-refractivity contribution is 0.332. The van der Waals surface area contributed by atoms with E-state index in [0.29, 0.717) is 0 Å². The lowest BCUT2D eigenvalue weighted by atomic mass is 9.94. The van der Waals surface area contributed by atoms with Gasteiger partial charge in [-0.25, -0.2) is 0 Å². The van der Waals surface area contributed by atoms with Crippen LogP contribution in [0, 0.1) is 0 Å². The van der Waals surface area contributed by atoms with Crippen molar-refractivity contribution in [3.8, 4) is 0 Å². The van der Waals surface area contributed by atoms with E-state index >= 15 is 0 Å². The Bertz CT molecular complexity index is 138. The van der Waals surface area contributed by atoms with E-state index < -0.39 is 0 Å². The predicted octanol–water partition coefficient (Wildman–Crippen LogP) is 4.27. The van der Waals surface area contributed by atoms with Crippen LogP contribution in [0.2, 0.25) is 0 Å². The molecule has 0 radical (unpaired) electrons. The third-order valence-corrected chi connectivity index (χ3v) is 3.62. The summed E-state index contributed by atoms with van der Waals surface area (Å²) in [6, 6.07) is 1.57. The highest BCUT2D eigenvalue weighted by molar-refractivity contribution is 4.75. The quantitative estimate of drug-likeness (QED) is 0.620. The normalized spacial score (nSPS) is 20.4. The fourth-order valence-electron chi connectivity index (χ4n) is 2.63. The smallest absolute Gasteiger partial charge is 0.00695 e. The second-order valence-corrected chi connectivity index (χ2v) is 5.25. The largest absolute Gasteiger partial charge is 0.312 e. The molecule has 0 bridgehead atoms. The van der Waals surface area contributed by atoms with Crippen LogP contribution in [0.5, 0.6) is 0 Å². The molecule has 1 aliphatic rings. The predicted molar refractivity (Wildman–Crippen MR) is 68.2 cm³/mol. The average molecular weight is 211 g/mol. The Balaban J connectivity index is 1.98. The second kappa shape index (κ2) is 8.15. The molecular formula is C14H29N. The van der Waals surface area contributed by atoms with E-state index in [9.17, 15) is 0 Å². The van der Waals surface area contributed by atoms with Gasteiger partial charge in [-0.05, 0) is 26.2 Å². The summed E-state index contributed by atoms with van der Waals surface area (Å²) in [5, 5.41) is 3.80. The molecule has 1 atom stereocenters. The van der Waals surface area contributed by atoms with Gasteiger partial charge in [0, 0.05) is 12.1 Å². The summed E-state index contributed by atoms with van der Waals surface area (Å²) in [5.74, 6) is 0. The molecule has 1 unspecified atom stereocenters. The molecule has 1 heteroatoms. The summed E-state index contributed by atoms with van der Waals surface area (Å²) < 4.78 is 0. The van der Waals surface area contributed by atoms with E-state index in [1.807, 2.05) is 0 Å². The Hall–Kier alpha value is -0.0400. The minimum Gasteiger partial charge on any atom is -0.312 e. The molecule has 1 saturated carbocycles. The fraction of sp³-hybridized carbons (Fsp3) is 1.00. The van der Waals surface area contributed by atoms with Crippen LogP contribution in [-0.4, -0.2) is 12.1 Å². The molecule has 1 N–H and O–H groups in total. The van der Waals surface area contributed by atoms with Crippen LogP contribution in [0.1, 0.15) is 78.1 Å². The van der Waals surface area contributed by atoms with Crippen molar-refractivity contribution in [3.05, 3.63) is 0 Å². The zero-order valence-corrected chi connectivity index (χ0v) is 10.7. The Labute approximate surface area is 96.0 Å². The van der Waals surface area contributed by atoms with Crippen LogP contribution in [0.3, 0.4) is 0 Å². The molecule has 15 heavy (non-hydrogen) atoms. The van der Waals surface area contributed by atoms with Crippen LogP contribution in [0.4, 0.5) is 0 Å². The molecule has 0 aromatic heterocycles. The first-order valence-electron chi connectivity index (χ1n) is 7.09. The third kappa shape index (κ3) is 6.19. The maximum absolute atomic E-state index is 3.80. The topological polar surface area (TPSA) is 12.0 Å². The highest BCUT2D eigenvalue weighted by atomic mass is 14.9. The first-order chi connectivity index (χ1) is 7.33. The monoisotopic (exact) mass is 211 g/mol. The van der Waals surface area contributed by atoms with E-state index in [1.165, 1.54) is 64.2 Å². The van der Waals surface area contributed by atoms with E-state index in [-0.39, 0.29) is 0 Å². The molecule has 1 fully saturated rings. The molecule has 1 nitrogen and oxygen atoms in total. The maximum Gasteiger partial charge on any atom is 0.00695 e. The molecular weight excluding hydrogens is 182 g/mol. The molecule has 0 heterocycles. The van der Waals surface area contributed by atoms with Gasteiger partial charge >= 0.3 is 0 Å². The Morgan fingerprint density at radius 2 is 1.80 bits per heavy atom. The van der Waals surface area contributed by atoms with Gasteiger partial charge in [0.2, 0.25) is 0 Å². The van der Waals surface area contributed by atoms with Crippen molar-refractivity contribution in [2.24, 2.45) is 0 Å². The summed E-state index contributed by atoms with van der Waals surface area (Å²) in [5.41, 5.74) is 0. The van der Waals surface area contributed by atoms with Crippen LogP contribution in [0.25, 0.3) is 0 Å². The summed E-state index contributed by atoms with van der Waals surface area (Å²) in [6.45, 7) is 4.64. The van der Waals surface area contributed by atoms with Gasteiger partial charge in [0.15, 0.2) is 0 Å². The Kier molecular flexibility index (Phi) is 7.08. The van der Waals surface area contributed by atoms with E-state index in [2.05, 4.69) is 19.2 Å². The first kappa shape index (κ1) is 13.0. The highest BCUT2D eigenvalue weighted by Crippen LogP contribution is 2.18. The van der Waals surface area contributed by atoms with Crippen molar-refractivity contribution < 1.29 is 0 Å². The van der Waals surface area contributed by atoms with Gasteiger partial charge in [-0.1, -0.05) is 51.9 Å². The van der Waals surface area contributed by atoms with Gasteiger partial charge < -0.3 is 5.32 Å². The zero-order valence-electron chi connectivity index (χ0n) is 10.7. The molecule has 0 saturated heterocycles. The molecule has 0 aromatic carbocycles. The molecule has 90 valence electrons. The van der Waals surface area contributed by atoms with Gasteiger partial charge in [-0.15, -0.1) is 0 Å². The van der Waals surface area contributed by atoms with Crippen LogP contribution >= 0.6 is 0 Å². The molecule has 1 rings (SSSR count). The number of nitrogens with one attached hydrogen (secondary N) is 1. The summed E-state index contributed by atoms with van der Waals surface area (Å²) >= 11 is 0. The summed E-state index contributed by atoms with van der Waals surface area (Å²) in [6.07, 6.45) is 14.2. The maximum atomic E-state index is 3.80. The van der Waals surface area contributed by atoms with Crippen LogP contribution in [0.15, 0.2) is 0 Å². The van der Waals surface area contributed by atoms with Crippen molar-refractivity contribution in [2.45, 2.75) is 90.1 Å². The molecule has 0 aliphatic heterocycles. The standard InChI is InChI=1S/C14H29N/c1-3-4-5-7-10-13(2)15-14-11-8-6-9-12-14/h13-15H,3-12H2,1-2H3. The average Bonchev–Trinajstić information content (AvgIpc) is 2.26. The van der Waals surface area contributed by atoms with Gasteiger partial charge in [0.25, 0.3) is 0 Å². The van der Waals surface area contributed by atoms with Crippen LogP contribution in [-0.2, 0) is 0 Å². The van der Waals surface area contributed by atoms with E-state index in [0.717, 1.165) is 12.1 Å². The van der Waals surface area contributed by atoms with Crippen molar-refractivity contribution in [2.75, 3.05) is 0 Å². The number of hydrogen-bond donors (Lipinski definition) is 1. The van der Waals surface area contributed by atoms with Gasteiger partial charge in [-0.3, -0.25) is 0 Å². The highest BCUT2D eigenvalue weighted by Gasteiger charge is 2.14. The zero-order chi connectivity index (χ0) is 10.9. The lowest BCUT2D eigenvalue weighted by Crippen LogP contribution is -2.37. The Morgan fingerprint density at radius 3 is 2.47 bits per heavy atom. The van der Waals surface area contributed by atoms with Crippen molar-refractivity contribution in [3.63, 3.8) is 0 Å². The van der Waals surface area contributed by atoms with E-state index in [4.69, 9.17) is 0 Å². The summed E-state index contributed by atoms with van der Waals surface area (Å²) in [4.78, 5) is 0. The molecule has 1 aliphatic carbocycles. The molecule has 0 aromatic rings. The van der Waals surface area contributed by atoms with Gasteiger partial charge in [0.05, 0.1) is 0 Å². The Morgan fingerprint density at radius 1 is 1.07 bits per heavy atom. The minimum atomic E-state index is 0.741. The number of unbranched alkanes of at least 4 members (excludes halogenated alkanes) is 3.